The maximum atomic E-state index is 13.5. The van der Waals surface area contributed by atoms with Crippen LogP contribution in [-0.4, -0.2) is 10.8 Å². The van der Waals surface area contributed by atoms with Crippen molar-refractivity contribution in [3.05, 3.63) is 62.9 Å². The molecule has 0 fully saturated rings. The molecule has 0 spiro atoms. The van der Waals surface area contributed by atoms with Crippen molar-refractivity contribution < 1.29 is 14.1 Å². The molecule has 2 aromatic rings. The number of nitrogens with two attached hydrogens (primary N) is 1. The first-order chi connectivity index (χ1) is 9.88. The van der Waals surface area contributed by atoms with Gasteiger partial charge in [0, 0.05) is 17.7 Å². The van der Waals surface area contributed by atoms with Crippen molar-refractivity contribution in [3.63, 3.8) is 0 Å². The minimum absolute atomic E-state index is 0.0653. The minimum atomic E-state index is -1.01. The van der Waals surface area contributed by atoms with E-state index in [4.69, 9.17) is 27.5 Å². The number of ether oxygens (including phenoxy) is 1. The molecule has 0 saturated carbocycles. The van der Waals surface area contributed by atoms with E-state index < -0.39 is 16.4 Å². The lowest BCUT2D eigenvalue weighted by molar-refractivity contribution is -0.387. The van der Waals surface area contributed by atoms with Gasteiger partial charge in [0.25, 0.3) is 0 Å². The molecule has 0 aromatic heterocycles. The van der Waals surface area contributed by atoms with Crippen molar-refractivity contribution >= 4 is 23.1 Å². The summed E-state index contributed by atoms with van der Waals surface area (Å²) in [7, 11) is 0. The lowest BCUT2D eigenvalue weighted by Crippen LogP contribution is -2.10. The standard InChI is InChI=1S/C13H9ClFN3O3/c14-9-5-7(13(16)17)1-4-12(9)21-8-2-3-11(18(19)20)10(15)6-8/h1-6H,(H3,16,17). The van der Waals surface area contributed by atoms with E-state index in [-0.39, 0.29) is 22.4 Å². The average Bonchev–Trinajstić information content (AvgIpc) is 2.40. The summed E-state index contributed by atoms with van der Waals surface area (Å²) in [4.78, 5) is 9.69. The van der Waals surface area contributed by atoms with Gasteiger partial charge in [0.05, 0.1) is 9.95 Å². The Morgan fingerprint density at radius 3 is 2.57 bits per heavy atom. The second kappa shape index (κ2) is 5.76. The Kier molecular flexibility index (Phi) is 4.04. The van der Waals surface area contributed by atoms with E-state index in [1.807, 2.05) is 0 Å². The molecule has 0 bridgehead atoms. The maximum Gasteiger partial charge on any atom is 0.305 e. The molecule has 0 aliphatic carbocycles. The third kappa shape index (κ3) is 3.26. The Bertz CT molecular complexity index is 737. The van der Waals surface area contributed by atoms with E-state index in [1.165, 1.54) is 24.3 Å². The number of rotatable bonds is 4. The quantitative estimate of drug-likeness (QED) is 0.390. The highest BCUT2D eigenvalue weighted by atomic mass is 35.5. The summed E-state index contributed by atoms with van der Waals surface area (Å²) in [6, 6.07) is 7.58. The number of nitro benzene ring substituents is 1. The van der Waals surface area contributed by atoms with Crippen LogP contribution < -0.4 is 10.5 Å². The molecule has 8 heteroatoms. The van der Waals surface area contributed by atoms with Gasteiger partial charge in [-0.2, -0.15) is 4.39 Å². The van der Waals surface area contributed by atoms with Gasteiger partial charge in [-0.1, -0.05) is 11.6 Å². The van der Waals surface area contributed by atoms with E-state index in [2.05, 4.69) is 0 Å². The zero-order valence-corrected chi connectivity index (χ0v) is 11.2. The zero-order valence-electron chi connectivity index (χ0n) is 10.5. The van der Waals surface area contributed by atoms with Crippen LogP contribution in [0.2, 0.25) is 5.02 Å². The summed E-state index contributed by atoms with van der Waals surface area (Å²) >= 11 is 5.97. The van der Waals surface area contributed by atoms with Gasteiger partial charge in [-0.3, -0.25) is 15.5 Å². The minimum Gasteiger partial charge on any atom is -0.456 e. The van der Waals surface area contributed by atoms with Gasteiger partial charge < -0.3 is 10.5 Å². The van der Waals surface area contributed by atoms with Crippen molar-refractivity contribution in [1.82, 2.24) is 0 Å². The van der Waals surface area contributed by atoms with Crippen LogP contribution in [0.15, 0.2) is 36.4 Å². The highest BCUT2D eigenvalue weighted by molar-refractivity contribution is 6.32. The number of nitrogens with one attached hydrogen (secondary N) is 1. The molecule has 0 unspecified atom stereocenters. The van der Waals surface area contributed by atoms with Crippen molar-refractivity contribution in [2.45, 2.75) is 0 Å². The summed E-state index contributed by atoms with van der Waals surface area (Å²) in [6.45, 7) is 0. The van der Waals surface area contributed by atoms with Gasteiger partial charge in [0.2, 0.25) is 5.82 Å². The van der Waals surface area contributed by atoms with E-state index in [0.29, 0.717) is 5.56 Å². The largest absolute Gasteiger partial charge is 0.456 e. The summed E-state index contributed by atoms with van der Waals surface area (Å²) in [5, 5.41) is 18.0. The van der Waals surface area contributed by atoms with Gasteiger partial charge in [-0.15, -0.1) is 0 Å². The molecule has 21 heavy (non-hydrogen) atoms. The Labute approximate surface area is 123 Å². The number of nitro groups is 1. The number of nitrogens with zero attached hydrogens (tertiary/aromatic N) is 1. The highest BCUT2D eigenvalue weighted by Gasteiger charge is 2.15. The third-order valence-corrected chi connectivity index (χ3v) is 2.88. The molecule has 0 aliphatic heterocycles. The van der Waals surface area contributed by atoms with Crippen molar-refractivity contribution in [2.24, 2.45) is 5.73 Å². The molecule has 0 amide bonds. The zero-order chi connectivity index (χ0) is 15.6. The maximum absolute atomic E-state index is 13.5. The molecule has 108 valence electrons. The van der Waals surface area contributed by atoms with Crippen LogP contribution >= 0.6 is 11.6 Å². The first kappa shape index (κ1) is 14.7. The van der Waals surface area contributed by atoms with Gasteiger partial charge in [-0.25, -0.2) is 0 Å². The van der Waals surface area contributed by atoms with E-state index in [1.54, 1.807) is 0 Å². The Morgan fingerprint density at radius 2 is 2.05 bits per heavy atom. The Balaban J connectivity index is 2.28. The van der Waals surface area contributed by atoms with Gasteiger partial charge in [0.15, 0.2) is 0 Å². The average molecular weight is 310 g/mol. The topological polar surface area (TPSA) is 102 Å². The number of benzene rings is 2. The number of nitrogen functional groups attached to an aromatic ring is 1. The predicted octanol–water partition coefficient (Wildman–Crippen LogP) is 3.46. The van der Waals surface area contributed by atoms with Crippen LogP contribution in [0.5, 0.6) is 11.5 Å². The molecule has 0 heterocycles. The van der Waals surface area contributed by atoms with Crippen LogP contribution in [-0.2, 0) is 0 Å². The van der Waals surface area contributed by atoms with Gasteiger partial charge >= 0.3 is 5.69 Å². The van der Waals surface area contributed by atoms with Gasteiger partial charge in [-0.05, 0) is 24.3 Å². The normalized spacial score (nSPS) is 10.2. The van der Waals surface area contributed by atoms with Gasteiger partial charge in [0.1, 0.15) is 17.3 Å². The summed E-state index contributed by atoms with van der Waals surface area (Å²) in [5.41, 5.74) is 5.10. The Hall–Kier alpha value is -2.67. The summed E-state index contributed by atoms with van der Waals surface area (Å²) < 4.78 is 18.8. The molecule has 0 aliphatic rings. The fourth-order valence-corrected chi connectivity index (χ4v) is 1.80. The fraction of sp³-hybridized carbons (Fsp3) is 0. The van der Waals surface area contributed by atoms with Crippen LogP contribution in [0.25, 0.3) is 0 Å². The number of hydrogen-bond donors (Lipinski definition) is 2. The Morgan fingerprint density at radius 1 is 1.33 bits per heavy atom. The second-order valence-electron chi connectivity index (χ2n) is 4.03. The predicted molar refractivity (Wildman–Crippen MR) is 75.6 cm³/mol. The smallest absolute Gasteiger partial charge is 0.305 e. The molecule has 3 N–H and O–H groups in total. The second-order valence-corrected chi connectivity index (χ2v) is 4.44. The molecule has 0 radical (unpaired) electrons. The third-order valence-electron chi connectivity index (χ3n) is 2.59. The van der Waals surface area contributed by atoms with Crippen molar-refractivity contribution in [1.29, 1.82) is 5.41 Å². The number of hydrogen-bond acceptors (Lipinski definition) is 4. The van der Waals surface area contributed by atoms with Crippen LogP contribution in [0.3, 0.4) is 0 Å². The van der Waals surface area contributed by atoms with E-state index in [0.717, 1.165) is 12.1 Å². The fourth-order valence-electron chi connectivity index (χ4n) is 1.58. The molecular formula is C13H9ClFN3O3. The van der Waals surface area contributed by atoms with E-state index >= 15 is 0 Å². The first-order valence-corrected chi connectivity index (χ1v) is 6.02. The number of amidine groups is 1. The highest BCUT2D eigenvalue weighted by Crippen LogP contribution is 2.31. The monoisotopic (exact) mass is 309 g/mol. The summed E-state index contributed by atoms with van der Waals surface area (Å²) in [5.74, 6) is -0.871. The molecule has 2 aromatic carbocycles. The SMILES string of the molecule is N=C(N)c1ccc(Oc2ccc([N+](=O)[O-])c(F)c2)c(Cl)c1. The summed E-state index contributed by atoms with van der Waals surface area (Å²) in [6.07, 6.45) is 0. The molecular weight excluding hydrogens is 301 g/mol. The van der Waals surface area contributed by atoms with Crippen LogP contribution in [0.1, 0.15) is 5.56 Å². The molecule has 0 saturated heterocycles. The molecule has 0 atom stereocenters. The lowest BCUT2D eigenvalue weighted by Gasteiger charge is -2.09. The number of halogens is 2. The molecule has 6 nitrogen and oxygen atoms in total. The first-order valence-electron chi connectivity index (χ1n) is 5.64. The van der Waals surface area contributed by atoms with Crippen molar-refractivity contribution in [2.75, 3.05) is 0 Å². The lowest BCUT2D eigenvalue weighted by atomic mass is 10.2. The van der Waals surface area contributed by atoms with Crippen molar-refractivity contribution in [3.8, 4) is 11.5 Å². The van der Waals surface area contributed by atoms with Crippen LogP contribution in [0.4, 0.5) is 10.1 Å². The van der Waals surface area contributed by atoms with E-state index in [9.17, 15) is 14.5 Å². The molecule has 2 rings (SSSR count). The van der Waals surface area contributed by atoms with Crippen LogP contribution in [0, 0.1) is 21.3 Å².